The van der Waals surface area contributed by atoms with E-state index in [0.29, 0.717) is 6.04 Å². The molecule has 9 heteroatoms. The molecule has 0 radical (unpaired) electrons. The molecule has 4 heterocycles. The highest BCUT2D eigenvalue weighted by Gasteiger charge is 2.36. The minimum absolute atomic E-state index is 0.0377. The van der Waals surface area contributed by atoms with Crippen LogP contribution in [0.1, 0.15) is 18.4 Å². The van der Waals surface area contributed by atoms with E-state index in [9.17, 15) is 0 Å². The van der Waals surface area contributed by atoms with Crippen LogP contribution >= 0.6 is 0 Å². The minimum atomic E-state index is -0.0377. The zero-order valence-electron chi connectivity index (χ0n) is 20.9. The second-order valence-corrected chi connectivity index (χ2v) is 9.94. The number of rotatable bonds is 2. The summed E-state index contributed by atoms with van der Waals surface area (Å²) in [5.41, 5.74) is 21.1. The lowest BCUT2D eigenvalue weighted by Crippen LogP contribution is -2.51. The predicted molar refractivity (Wildman–Crippen MR) is 142 cm³/mol. The predicted octanol–water partition coefficient (Wildman–Crippen LogP) is 1.96. The van der Waals surface area contributed by atoms with Crippen molar-refractivity contribution in [2.75, 3.05) is 52.0 Å². The standard InChI is InChI=1S/C26H35N9/c1-28-21-7-5-17-14-22(21)30-31-25-19-13-16(6-8-23(19)33(3)34(25)4)20-15-29-26(32(2)24(17)20)35-11-9-18(27)10-12-35/h5-8,13-15,18,23,26,28,30-31H,9-12,27H2,1-4H3. The number of piperidine rings is 1. The highest BCUT2D eigenvalue weighted by molar-refractivity contribution is 5.99. The van der Waals surface area contributed by atoms with Crippen LogP contribution < -0.4 is 21.9 Å². The highest BCUT2D eigenvalue weighted by Crippen LogP contribution is 2.39. The number of aliphatic imine (C=N–C) groups is 1. The number of hydrogen-bond donors (Lipinski definition) is 4. The van der Waals surface area contributed by atoms with Crippen molar-refractivity contribution in [3.63, 3.8) is 0 Å². The Morgan fingerprint density at radius 1 is 1.11 bits per heavy atom. The fourth-order valence-corrected chi connectivity index (χ4v) is 5.79. The van der Waals surface area contributed by atoms with E-state index in [1.165, 1.54) is 16.8 Å². The van der Waals surface area contributed by atoms with E-state index in [-0.39, 0.29) is 12.3 Å². The number of nitrogens with zero attached hydrogens (tertiary/aromatic N) is 5. The molecule has 0 aromatic heterocycles. The van der Waals surface area contributed by atoms with Crippen molar-refractivity contribution in [2.45, 2.75) is 31.2 Å². The van der Waals surface area contributed by atoms with Gasteiger partial charge >= 0.3 is 0 Å². The van der Waals surface area contributed by atoms with Gasteiger partial charge in [-0.1, -0.05) is 18.2 Å². The number of fused-ring (bicyclic) bond motifs is 4. The number of likely N-dealkylation sites (N-methyl/N-ethyl adjacent to an activating group) is 1. The number of hydrazine groups is 2. The van der Waals surface area contributed by atoms with Gasteiger partial charge in [0.2, 0.25) is 0 Å². The third-order valence-electron chi connectivity index (χ3n) is 7.94. The third-order valence-corrected chi connectivity index (χ3v) is 7.94. The molecule has 4 aliphatic heterocycles. The molecule has 1 aromatic rings. The summed E-state index contributed by atoms with van der Waals surface area (Å²) in [6, 6.07) is 7.03. The molecule has 5 N–H and O–H groups in total. The molecule has 1 aliphatic carbocycles. The fraction of sp³-hybridized carbons (Fsp3) is 0.423. The molecule has 4 bridgehead atoms. The summed E-state index contributed by atoms with van der Waals surface area (Å²) in [6.07, 6.45) is 10.9. The summed E-state index contributed by atoms with van der Waals surface area (Å²) < 4.78 is 0. The number of nitrogens with two attached hydrogens (primary N) is 1. The maximum Gasteiger partial charge on any atom is 0.178 e. The van der Waals surface area contributed by atoms with Crippen molar-refractivity contribution in [1.82, 2.24) is 25.2 Å². The van der Waals surface area contributed by atoms with E-state index >= 15 is 0 Å². The molecule has 1 fully saturated rings. The Bertz CT molecular complexity index is 1190. The average Bonchev–Trinajstić information content (AvgIpc) is 3.10. The van der Waals surface area contributed by atoms with Gasteiger partial charge in [0, 0.05) is 70.2 Å². The molecule has 0 saturated carbocycles. The molecule has 5 aliphatic rings. The van der Waals surface area contributed by atoms with E-state index in [4.69, 9.17) is 10.7 Å². The van der Waals surface area contributed by atoms with Gasteiger partial charge in [-0.05, 0) is 36.6 Å². The summed E-state index contributed by atoms with van der Waals surface area (Å²) in [5.74, 6) is 1.04. The summed E-state index contributed by atoms with van der Waals surface area (Å²) in [4.78, 5) is 9.85. The largest absolute Gasteiger partial charge is 0.386 e. The van der Waals surface area contributed by atoms with Crippen LogP contribution in [0.4, 0.5) is 11.4 Å². The van der Waals surface area contributed by atoms with Crippen LogP contribution in [0.15, 0.2) is 64.0 Å². The Morgan fingerprint density at radius 2 is 1.91 bits per heavy atom. The summed E-state index contributed by atoms with van der Waals surface area (Å²) in [5, 5.41) is 7.71. The quantitative estimate of drug-likeness (QED) is 0.519. The van der Waals surface area contributed by atoms with Gasteiger partial charge in [-0.2, -0.15) is 0 Å². The van der Waals surface area contributed by atoms with Gasteiger partial charge in [-0.3, -0.25) is 25.8 Å². The molecular weight excluding hydrogens is 438 g/mol. The van der Waals surface area contributed by atoms with Crippen LogP contribution in [0, 0.1) is 0 Å². The molecule has 1 aromatic carbocycles. The number of benzene rings is 1. The zero-order valence-corrected chi connectivity index (χ0v) is 20.9. The third kappa shape index (κ3) is 3.53. The molecule has 1 saturated heterocycles. The van der Waals surface area contributed by atoms with Gasteiger partial charge in [-0.25, -0.2) is 5.01 Å². The normalized spacial score (nSPS) is 26.8. The monoisotopic (exact) mass is 473 g/mol. The van der Waals surface area contributed by atoms with Crippen molar-refractivity contribution in [3.8, 4) is 0 Å². The number of allylic oxidation sites excluding steroid dienone is 3. The smallest absolute Gasteiger partial charge is 0.178 e. The highest BCUT2D eigenvalue weighted by atomic mass is 15.7. The molecule has 9 nitrogen and oxygen atoms in total. The molecular formula is C26H35N9. The van der Waals surface area contributed by atoms with Crippen molar-refractivity contribution < 1.29 is 0 Å². The van der Waals surface area contributed by atoms with Gasteiger partial charge < -0.3 is 16.0 Å². The Hall–Kier alpha value is -3.27. The SMILES string of the molecule is CNc1ccc2cc1NNC1=C3C=C(C=CC3N(C)N1C)C1=C2N(C)C(N2CCC(N)CC2)N=C1. The maximum atomic E-state index is 6.19. The first-order chi connectivity index (χ1) is 17.0. The lowest BCUT2D eigenvalue weighted by Gasteiger charge is -2.43. The van der Waals surface area contributed by atoms with E-state index in [0.717, 1.165) is 54.3 Å². The Balaban J connectivity index is 1.50. The Morgan fingerprint density at radius 3 is 2.69 bits per heavy atom. The van der Waals surface area contributed by atoms with Gasteiger partial charge in [0.25, 0.3) is 0 Å². The number of likely N-dealkylation sites (tertiary alicyclic amines) is 1. The van der Waals surface area contributed by atoms with Gasteiger partial charge in [0.1, 0.15) is 5.82 Å². The van der Waals surface area contributed by atoms with Crippen LogP contribution in [0.3, 0.4) is 0 Å². The van der Waals surface area contributed by atoms with E-state index < -0.39 is 0 Å². The van der Waals surface area contributed by atoms with Gasteiger partial charge in [0.05, 0.1) is 23.1 Å². The minimum Gasteiger partial charge on any atom is -0.386 e. The molecule has 35 heavy (non-hydrogen) atoms. The average molecular weight is 474 g/mol. The molecule has 2 atom stereocenters. The first kappa shape index (κ1) is 22.2. The summed E-state index contributed by atoms with van der Waals surface area (Å²) in [6.45, 7) is 1.93. The lowest BCUT2D eigenvalue weighted by molar-refractivity contribution is 0.0719. The maximum absolute atomic E-state index is 6.19. The second-order valence-electron chi connectivity index (χ2n) is 9.94. The fourth-order valence-electron chi connectivity index (χ4n) is 5.79. The molecule has 6 rings (SSSR count). The topological polar surface area (TPSA) is 87.4 Å². The van der Waals surface area contributed by atoms with Crippen molar-refractivity contribution in [3.05, 3.63) is 64.5 Å². The van der Waals surface area contributed by atoms with Crippen LogP contribution in [0.2, 0.25) is 0 Å². The molecule has 2 unspecified atom stereocenters. The van der Waals surface area contributed by atoms with Crippen LogP contribution in [-0.4, -0.2) is 85.7 Å². The van der Waals surface area contributed by atoms with Crippen molar-refractivity contribution in [2.24, 2.45) is 10.7 Å². The zero-order chi connectivity index (χ0) is 24.3. The van der Waals surface area contributed by atoms with Crippen LogP contribution in [0.5, 0.6) is 0 Å². The Labute approximate surface area is 207 Å². The van der Waals surface area contributed by atoms with Gasteiger partial charge in [0.15, 0.2) is 6.29 Å². The van der Waals surface area contributed by atoms with Crippen molar-refractivity contribution in [1.29, 1.82) is 0 Å². The van der Waals surface area contributed by atoms with E-state index in [1.807, 2.05) is 7.05 Å². The molecule has 0 amide bonds. The summed E-state index contributed by atoms with van der Waals surface area (Å²) >= 11 is 0. The number of nitrogens with one attached hydrogen (secondary N) is 3. The van der Waals surface area contributed by atoms with Gasteiger partial charge in [-0.15, -0.1) is 0 Å². The second kappa shape index (κ2) is 8.44. The van der Waals surface area contributed by atoms with E-state index in [2.05, 4.69) is 99.8 Å². The Kier molecular flexibility index (Phi) is 5.36. The number of anilines is 2. The molecule has 184 valence electrons. The number of hydrogen-bond acceptors (Lipinski definition) is 9. The molecule has 0 spiro atoms. The lowest BCUT2D eigenvalue weighted by atomic mass is 9.90. The van der Waals surface area contributed by atoms with Crippen LogP contribution in [-0.2, 0) is 0 Å². The summed E-state index contributed by atoms with van der Waals surface area (Å²) in [7, 11) is 8.32. The van der Waals surface area contributed by atoms with Crippen LogP contribution in [0.25, 0.3) is 5.70 Å². The van der Waals surface area contributed by atoms with E-state index in [1.54, 1.807) is 0 Å². The first-order valence-corrected chi connectivity index (χ1v) is 12.4. The first-order valence-electron chi connectivity index (χ1n) is 12.4. The van der Waals surface area contributed by atoms with Crippen molar-refractivity contribution >= 4 is 23.3 Å².